The second kappa shape index (κ2) is 9.25. The minimum absolute atomic E-state index is 0.170. The molecular formula is C21H21N3O2. The summed E-state index contributed by atoms with van der Waals surface area (Å²) in [5.41, 5.74) is 9.56. The molecule has 26 heavy (non-hydrogen) atoms. The number of nitrogens with two attached hydrogens (primary N) is 1. The van der Waals surface area contributed by atoms with Crippen molar-refractivity contribution in [3.05, 3.63) is 84.2 Å². The van der Waals surface area contributed by atoms with E-state index < -0.39 is 0 Å². The fourth-order valence-electron chi connectivity index (χ4n) is 2.23. The number of nitrogens with one attached hydrogen (secondary N) is 1. The molecule has 0 fully saturated rings. The van der Waals surface area contributed by atoms with Gasteiger partial charge in [0, 0.05) is 23.8 Å². The number of hydrogen-bond donors (Lipinski definition) is 2. The molecular weight excluding hydrogens is 326 g/mol. The van der Waals surface area contributed by atoms with Crippen LogP contribution in [0.2, 0.25) is 0 Å². The van der Waals surface area contributed by atoms with Crippen LogP contribution >= 0.6 is 0 Å². The predicted molar refractivity (Wildman–Crippen MR) is 106 cm³/mol. The standard InChI is InChI=1S/C21H21N3O2/c22-19-5-9-21(10-6-19)26-16-25-15-24-20-7-3-17(4-8-20)1-2-18-11-13-23-14-12-18/h1-14,24H,15-16,22H2/b2-1-. The number of nitrogens with zero attached hydrogens (tertiary/aromatic N) is 1. The molecule has 0 saturated carbocycles. The molecule has 5 nitrogen and oxygen atoms in total. The Labute approximate surface area is 153 Å². The van der Waals surface area contributed by atoms with Crippen LogP contribution in [0, 0.1) is 0 Å². The van der Waals surface area contributed by atoms with Gasteiger partial charge in [-0.25, -0.2) is 0 Å². The third-order valence-corrected chi connectivity index (χ3v) is 3.65. The van der Waals surface area contributed by atoms with E-state index in [4.69, 9.17) is 15.2 Å². The molecule has 0 radical (unpaired) electrons. The minimum atomic E-state index is 0.170. The molecule has 132 valence electrons. The van der Waals surface area contributed by atoms with Gasteiger partial charge in [-0.2, -0.15) is 0 Å². The number of ether oxygens (including phenoxy) is 2. The van der Waals surface area contributed by atoms with E-state index in [0.29, 0.717) is 12.4 Å². The Balaban J connectivity index is 1.39. The summed E-state index contributed by atoms with van der Waals surface area (Å²) in [5.74, 6) is 0.726. The van der Waals surface area contributed by atoms with Gasteiger partial charge in [0.25, 0.3) is 0 Å². The van der Waals surface area contributed by atoms with Gasteiger partial charge in [-0.1, -0.05) is 24.3 Å². The fourth-order valence-corrected chi connectivity index (χ4v) is 2.23. The lowest BCUT2D eigenvalue weighted by atomic mass is 10.1. The molecule has 0 aliphatic heterocycles. The normalized spacial score (nSPS) is 10.8. The summed E-state index contributed by atoms with van der Waals surface area (Å²) in [6.45, 7) is 0.533. The highest BCUT2D eigenvalue weighted by molar-refractivity contribution is 5.70. The first kappa shape index (κ1) is 17.5. The molecule has 3 rings (SSSR count). The first-order chi connectivity index (χ1) is 12.8. The molecule has 1 heterocycles. The number of rotatable bonds is 8. The molecule has 3 aromatic rings. The third-order valence-electron chi connectivity index (χ3n) is 3.65. The van der Waals surface area contributed by atoms with E-state index in [0.717, 1.165) is 22.6 Å². The predicted octanol–water partition coefficient (Wildman–Crippen LogP) is 4.26. The van der Waals surface area contributed by atoms with E-state index >= 15 is 0 Å². The highest BCUT2D eigenvalue weighted by Crippen LogP contribution is 2.14. The topological polar surface area (TPSA) is 69.4 Å². The molecule has 0 bridgehead atoms. The zero-order valence-corrected chi connectivity index (χ0v) is 14.3. The number of pyridine rings is 1. The molecule has 3 N–H and O–H groups in total. The van der Waals surface area contributed by atoms with E-state index in [1.54, 1.807) is 24.5 Å². The van der Waals surface area contributed by atoms with Crippen molar-refractivity contribution in [1.29, 1.82) is 0 Å². The maximum atomic E-state index is 5.62. The highest BCUT2D eigenvalue weighted by Gasteiger charge is 1.95. The smallest absolute Gasteiger partial charge is 0.191 e. The summed E-state index contributed by atoms with van der Waals surface area (Å²) in [5, 5.41) is 3.19. The largest absolute Gasteiger partial charge is 0.467 e. The lowest BCUT2D eigenvalue weighted by Gasteiger charge is -2.09. The van der Waals surface area contributed by atoms with Crippen molar-refractivity contribution in [2.24, 2.45) is 0 Å². The Hall–Kier alpha value is -3.31. The van der Waals surface area contributed by atoms with Crippen LogP contribution in [0.25, 0.3) is 12.2 Å². The van der Waals surface area contributed by atoms with Gasteiger partial charge in [0.1, 0.15) is 12.5 Å². The average molecular weight is 347 g/mol. The molecule has 2 aromatic carbocycles. The summed E-state index contributed by atoms with van der Waals surface area (Å²) in [4.78, 5) is 4.01. The minimum Gasteiger partial charge on any atom is -0.467 e. The third kappa shape index (κ3) is 5.65. The van der Waals surface area contributed by atoms with E-state index in [-0.39, 0.29) is 6.79 Å². The summed E-state index contributed by atoms with van der Waals surface area (Å²) in [6.07, 6.45) is 7.69. The van der Waals surface area contributed by atoms with Crippen molar-refractivity contribution in [2.75, 3.05) is 24.6 Å². The van der Waals surface area contributed by atoms with E-state index in [2.05, 4.69) is 22.5 Å². The molecule has 0 saturated heterocycles. The number of benzene rings is 2. The number of nitrogen functional groups attached to an aromatic ring is 1. The van der Waals surface area contributed by atoms with Crippen molar-refractivity contribution >= 4 is 23.5 Å². The quantitative estimate of drug-likeness (QED) is 0.362. The Bertz CT molecular complexity index is 816. The Morgan fingerprint density at radius 3 is 2.19 bits per heavy atom. The maximum Gasteiger partial charge on any atom is 0.191 e. The number of aromatic nitrogens is 1. The monoisotopic (exact) mass is 347 g/mol. The SMILES string of the molecule is Nc1ccc(OCOCNc2ccc(/C=C\c3ccncc3)cc2)cc1. The second-order valence-electron chi connectivity index (χ2n) is 5.59. The van der Waals surface area contributed by atoms with Crippen LogP contribution in [0.1, 0.15) is 11.1 Å². The van der Waals surface area contributed by atoms with Crippen molar-refractivity contribution in [3.63, 3.8) is 0 Å². The van der Waals surface area contributed by atoms with Crippen LogP contribution < -0.4 is 15.8 Å². The zero-order chi connectivity index (χ0) is 18.0. The molecule has 0 spiro atoms. The Morgan fingerprint density at radius 1 is 0.846 bits per heavy atom. The molecule has 0 amide bonds. The number of hydrogen-bond acceptors (Lipinski definition) is 5. The molecule has 5 heteroatoms. The Kier molecular flexibility index (Phi) is 6.23. The van der Waals surface area contributed by atoms with Gasteiger partial charge in [-0.3, -0.25) is 4.98 Å². The summed E-state index contributed by atoms with van der Waals surface area (Å²) in [7, 11) is 0. The average Bonchev–Trinajstić information content (AvgIpc) is 2.69. The zero-order valence-electron chi connectivity index (χ0n) is 14.3. The van der Waals surface area contributed by atoms with Gasteiger partial charge < -0.3 is 20.5 Å². The van der Waals surface area contributed by atoms with Gasteiger partial charge in [0.2, 0.25) is 0 Å². The van der Waals surface area contributed by atoms with Gasteiger partial charge in [0.05, 0.1) is 0 Å². The van der Waals surface area contributed by atoms with Gasteiger partial charge in [-0.05, 0) is 59.7 Å². The maximum absolute atomic E-state index is 5.62. The van der Waals surface area contributed by atoms with Gasteiger partial charge in [-0.15, -0.1) is 0 Å². The van der Waals surface area contributed by atoms with Crippen molar-refractivity contribution in [2.45, 2.75) is 0 Å². The van der Waals surface area contributed by atoms with Crippen LogP contribution in [0.3, 0.4) is 0 Å². The van der Waals surface area contributed by atoms with Crippen LogP contribution in [0.4, 0.5) is 11.4 Å². The lowest BCUT2D eigenvalue weighted by Crippen LogP contribution is -2.10. The van der Waals surface area contributed by atoms with Crippen LogP contribution in [0.15, 0.2) is 73.1 Å². The molecule has 0 unspecified atom stereocenters. The van der Waals surface area contributed by atoms with Gasteiger partial charge in [0.15, 0.2) is 6.79 Å². The lowest BCUT2D eigenvalue weighted by molar-refractivity contribution is 0.0251. The summed E-state index contributed by atoms with van der Waals surface area (Å²) in [6, 6.07) is 19.3. The van der Waals surface area contributed by atoms with Gasteiger partial charge >= 0.3 is 0 Å². The van der Waals surface area contributed by atoms with Crippen LogP contribution in [0.5, 0.6) is 5.75 Å². The van der Waals surface area contributed by atoms with Crippen molar-refractivity contribution in [3.8, 4) is 5.75 Å². The first-order valence-corrected chi connectivity index (χ1v) is 8.28. The van der Waals surface area contributed by atoms with Crippen molar-refractivity contribution in [1.82, 2.24) is 4.98 Å². The summed E-state index contributed by atoms with van der Waals surface area (Å²) >= 11 is 0. The Morgan fingerprint density at radius 2 is 1.50 bits per heavy atom. The van der Waals surface area contributed by atoms with E-state index in [1.807, 2.05) is 48.5 Å². The van der Waals surface area contributed by atoms with Crippen LogP contribution in [-0.4, -0.2) is 18.5 Å². The fraction of sp³-hybridized carbons (Fsp3) is 0.0952. The van der Waals surface area contributed by atoms with E-state index in [1.165, 1.54) is 0 Å². The van der Waals surface area contributed by atoms with Crippen molar-refractivity contribution < 1.29 is 9.47 Å². The summed E-state index contributed by atoms with van der Waals surface area (Å²) < 4.78 is 10.9. The number of anilines is 2. The van der Waals surface area contributed by atoms with E-state index in [9.17, 15) is 0 Å². The molecule has 0 atom stereocenters. The first-order valence-electron chi connectivity index (χ1n) is 8.28. The second-order valence-corrected chi connectivity index (χ2v) is 5.59. The molecule has 0 aliphatic carbocycles. The molecule has 0 aliphatic rings. The van der Waals surface area contributed by atoms with Crippen LogP contribution in [-0.2, 0) is 4.74 Å². The highest BCUT2D eigenvalue weighted by atomic mass is 16.7. The molecule has 1 aromatic heterocycles.